The van der Waals surface area contributed by atoms with E-state index >= 15 is 0 Å². The molecule has 0 aromatic heterocycles. The number of nitrogens with one attached hydrogen (secondary N) is 1. The SMILES string of the molecule is CN1CCC2(CC1)CNC(=O)OC2. The number of piperidine rings is 1. The Morgan fingerprint density at radius 2 is 2.15 bits per heavy atom. The third-order valence-corrected chi connectivity index (χ3v) is 3.16. The summed E-state index contributed by atoms with van der Waals surface area (Å²) in [7, 11) is 2.13. The third-order valence-electron chi connectivity index (χ3n) is 3.16. The van der Waals surface area contributed by atoms with Crippen LogP contribution in [0.5, 0.6) is 0 Å². The predicted molar refractivity (Wildman–Crippen MR) is 48.5 cm³/mol. The Morgan fingerprint density at radius 3 is 2.69 bits per heavy atom. The maximum atomic E-state index is 10.8. The molecule has 0 radical (unpaired) electrons. The van der Waals surface area contributed by atoms with Gasteiger partial charge in [-0.15, -0.1) is 0 Å². The van der Waals surface area contributed by atoms with E-state index in [2.05, 4.69) is 17.3 Å². The molecule has 0 atom stereocenters. The molecule has 0 aromatic rings. The summed E-state index contributed by atoms with van der Waals surface area (Å²) in [5.74, 6) is 0. The number of nitrogens with zero attached hydrogens (tertiary/aromatic N) is 1. The van der Waals surface area contributed by atoms with Gasteiger partial charge in [-0.25, -0.2) is 4.79 Å². The summed E-state index contributed by atoms with van der Waals surface area (Å²) in [6, 6.07) is 0. The summed E-state index contributed by atoms with van der Waals surface area (Å²) in [6.07, 6.45) is 2.00. The van der Waals surface area contributed by atoms with Crippen LogP contribution in [0, 0.1) is 5.41 Å². The number of ether oxygens (including phenoxy) is 1. The van der Waals surface area contributed by atoms with Crippen LogP contribution in [0.2, 0.25) is 0 Å². The molecule has 1 N–H and O–H groups in total. The van der Waals surface area contributed by atoms with Crippen molar-refractivity contribution < 1.29 is 9.53 Å². The first-order chi connectivity index (χ1) is 6.20. The van der Waals surface area contributed by atoms with Gasteiger partial charge in [-0.1, -0.05) is 0 Å². The van der Waals surface area contributed by atoms with E-state index in [1.807, 2.05) is 0 Å². The molecule has 1 amide bonds. The van der Waals surface area contributed by atoms with Gasteiger partial charge < -0.3 is 15.0 Å². The number of carbonyl (C=O) groups excluding carboxylic acids is 1. The molecule has 0 bridgehead atoms. The summed E-state index contributed by atoms with van der Waals surface area (Å²) in [5.41, 5.74) is 0.223. The molecule has 2 rings (SSSR count). The van der Waals surface area contributed by atoms with E-state index in [-0.39, 0.29) is 11.5 Å². The Bertz CT molecular complexity index is 198. The molecular weight excluding hydrogens is 168 g/mol. The Hall–Kier alpha value is -0.770. The van der Waals surface area contributed by atoms with Gasteiger partial charge >= 0.3 is 6.09 Å². The number of hydrogen-bond donors (Lipinski definition) is 1. The van der Waals surface area contributed by atoms with Gasteiger partial charge in [0, 0.05) is 12.0 Å². The molecule has 2 aliphatic heterocycles. The maximum absolute atomic E-state index is 10.8. The third kappa shape index (κ3) is 1.77. The second-order valence-corrected chi connectivity index (χ2v) is 4.23. The fourth-order valence-electron chi connectivity index (χ4n) is 1.99. The molecule has 2 fully saturated rings. The van der Waals surface area contributed by atoms with Crippen LogP contribution >= 0.6 is 0 Å². The average Bonchev–Trinajstić information content (AvgIpc) is 2.16. The van der Waals surface area contributed by atoms with Crippen LogP contribution < -0.4 is 5.32 Å². The first-order valence-corrected chi connectivity index (χ1v) is 4.79. The van der Waals surface area contributed by atoms with Gasteiger partial charge in [0.15, 0.2) is 0 Å². The minimum absolute atomic E-state index is 0.223. The number of carbonyl (C=O) groups is 1. The highest BCUT2D eigenvalue weighted by Crippen LogP contribution is 2.32. The summed E-state index contributed by atoms with van der Waals surface area (Å²) in [6.45, 7) is 3.62. The largest absolute Gasteiger partial charge is 0.449 e. The topological polar surface area (TPSA) is 41.6 Å². The minimum atomic E-state index is -0.260. The van der Waals surface area contributed by atoms with Crippen molar-refractivity contribution in [1.82, 2.24) is 10.2 Å². The van der Waals surface area contributed by atoms with E-state index in [0.29, 0.717) is 6.61 Å². The van der Waals surface area contributed by atoms with Gasteiger partial charge in [0.1, 0.15) is 6.61 Å². The van der Waals surface area contributed by atoms with Crippen LogP contribution in [0.25, 0.3) is 0 Å². The van der Waals surface area contributed by atoms with Crippen molar-refractivity contribution in [2.75, 3.05) is 33.3 Å². The molecule has 4 nitrogen and oxygen atoms in total. The summed E-state index contributed by atoms with van der Waals surface area (Å²) >= 11 is 0. The monoisotopic (exact) mass is 184 g/mol. The Kier molecular flexibility index (Phi) is 2.15. The normalized spacial score (nSPS) is 28.2. The van der Waals surface area contributed by atoms with Crippen molar-refractivity contribution in [3.63, 3.8) is 0 Å². The maximum Gasteiger partial charge on any atom is 0.407 e. The number of amides is 1. The van der Waals surface area contributed by atoms with Gasteiger partial charge in [-0.05, 0) is 33.0 Å². The van der Waals surface area contributed by atoms with Gasteiger partial charge in [0.05, 0.1) is 0 Å². The molecule has 0 aromatic carbocycles. The lowest BCUT2D eigenvalue weighted by Crippen LogP contribution is -2.52. The van der Waals surface area contributed by atoms with Crippen LogP contribution in [0.15, 0.2) is 0 Å². The fourth-order valence-corrected chi connectivity index (χ4v) is 1.99. The van der Waals surface area contributed by atoms with E-state index in [1.54, 1.807) is 0 Å². The smallest absolute Gasteiger partial charge is 0.407 e. The molecule has 4 heteroatoms. The quantitative estimate of drug-likeness (QED) is 0.594. The Balaban J connectivity index is 1.94. The molecule has 0 unspecified atom stereocenters. The van der Waals surface area contributed by atoms with E-state index in [0.717, 1.165) is 32.5 Å². The predicted octanol–water partition coefficient (Wildman–Crippen LogP) is 0.438. The van der Waals surface area contributed by atoms with Crippen molar-refractivity contribution in [3.8, 4) is 0 Å². The molecule has 2 heterocycles. The van der Waals surface area contributed by atoms with E-state index in [1.165, 1.54) is 0 Å². The first-order valence-electron chi connectivity index (χ1n) is 4.79. The number of hydrogen-bond acceptors (Lipinski definition) is 3. The van der Waals surface area contributed by atoms with Crippen LogP contribution in [0.3, 0.4) is 0 Å². The minimum Gasteiger partial charge on any atom is -0.449 e. The number of rotatable bonds is 0. The molecule has 2 saturated heterocycles. The summed E-state index contributed by atoms with van der Waals surface area (Å²) in [4.78, 5) is 13.1. The van der Waals surface area contributed by atoms with Crippen molar-refractivity contribution in [1.29, 1.82) is 0 Å². The zero-order valence-corrected chi connectivity index (χ0v) is 8.01. The molecule has 74 valence electrons. The highest BCUT2D eigenvalue weighted by Gasteiger charge is 2.38. The first kappa shape index (κ1) is 8.81. The standard InChI is InChI=1S/C9H16N2O2/c1-11-4-2-9(3-5-11)6-10-8(12)13-7-9/h2-7H2,1H3,(H,10,12). The molecule has 0 aliphatic carbocycles. The average molecular weight is 184 g/mol. The Morgan fingerprint density at radius 1 is 1.46 bits per heavy atom. The highest BCUT2D eigenvalue weighted by atomic mass is 16.6. The number of alkyl carbamates (subject to hydrolysis) is 1. The summed E-state index contributed by atoms with van der Waals surface area (Å²) < 4.78 is 5.04. The van der Waals surface area contributed by atoms with Crippen molar-refractivity contribution in [2.24, 2.45) is 5.41 Å². The zero-order chi connectivity index (χ0) is 9.31. The van der Waals surface area contributed by atoms with Crippen molar-refractivity contribution in [3.05, 3.63) is 0 Å². The lowest BCUT2D eigenvalue weighted by Gasteiger charge is -2.42. The van der Waals surface area contributed by atoms with E-state index < -0.39 is 0 Å². The molecule has 0 saturated carbocycles. The second-order valence-electron chi connectivity index (χ2n) is 4.23. The summed E-state index contributed by atoms with van der Waals surface area (Å²) in [5, 5.41) is 2.78. The lowest BCUT2D eigenvalue weighted by atomic mass is 9.78. The van der Waals surface area contributed by atoms with E-state index in [4.69, 9.17) is 4.74 Å². The van der Waals surface area contributed by atoms with Crippen LogP contribution in [-0.2, 0) is 4.74 Å². The molecule has 13 heavy (non-hydrogen) atoms. The number of cyclic esters (lactones) is 1. The van der Waals surface area contributed by atoms with Crippen LogP contribution in [-0.4, -0.2) is 44.3 Å². The van der Waals surface area contributed by atoms with Crippen LogP contribution in [0.4, 0.5) is 4.79 Å². The molecular formula is C9H16N2O2. The van der Waals surface area contributed by atoms with Crippen LogP contribution in [0.1, 0.15) is 12.8 Å². The van der Waals surface area contributed by atoms with E-state index in [9.17, 15) is 4.79 Å². The second kappa shape index (κ2) is 3.18. The number of likely N-dealkylation sites (tertiary alicyclic amines) is 1. The Labute approximate surface area is 78.2 Å². The van der Waals surface area contributed by atoms with Gasteiger partial charge in [-0.3, -0.25) is 0 Å². The van der Waals surface area contributed by atoms with Gasteiger partial charge in [-0.2, -0.15) is 0 Å². The van der Waals surface area contributed by atoms with Gasteiger partial charge in [0.2, 0.25) is 0 Å². The fraction of sp³-hybridized carbons (Fsp3) is 0.889. The molecule has 1 spiro atoms. The van der Waals surface area contributed by atoms with Gasteiger partial charge in [0.25, 0.3) is 0 Å². The lowest BCUT2D eigenvalue weighted by molar-refractivity contribution is 0.0116. The zero-order valence-electron chi connectivity index (χ0n) is 8.01. The highest BCUT2D eigenvalue weighted by molar-refractivity contribution is 5.68. The molecule has 2 aliphatic rings. The van der Waals surface area contributed by atoms with Crippen molar-refractivity contribution in [2.45, 2.75) is 12.8 Å². The van der Waals surface area contributed by atoms with Crippen molar-refractivity contribution >= 4 is 6.09 Å².